The van der Waals surface area contributed by atoms with Crippen molar-refractivity contribution in [3.63, 3.8) is 0 Å². The zero-order valence-corrected chi connectivity index (χ0v) is 12.9. The first-order chi connectivity index (χ1) is 8.85. The SMILES string of the molecule is C=C(C)C(=O)Oc1cc(I)c(OC(C)=O)c(OC)c1. The molecule has 0 heterocycles. The second-order valence-electron chi connectivity index (χ2n) is 3.70. The van der Waals surface area contributed by atoms with Crippen LogP contribution in [0.3, 0.4) is 0 Å². The Balaban J connectivity index is 3.12. The van der Waals surface area contributed by atoms with E-state index >= 15 is 0 Å². The van der Waals surface area contributed by atoms with Crippen molar-refractivity contribution in [3.05, 3.63) is 27.9 Å². The normalized spacial score (nSPS) is 9.68. The lowest BCUT2D eigenvalue weighted by atomic mass is 10.3. The van der Waals surface area contributed by atoms with Crippen LogP contribution in [-0.4, -0.2) is 19.0 Å². The van der Waals surface area contributed by atoms with Gasteiger partial charge in [0.1, 0.15) is 5.75 Å². The van der Waals surface area contributed by atoms with Crippen LogP contribution in [0.5, 0.6) is 17.2 Å². The van der Waals surface area contributed by atoms with Crippen molar-refractivity contribution in [2.75, 3.05) is 7.11 Å². The number of benzene rings is 1. The number of hydrogen-bond acceptors (Lipinski definition) is 5. The van der Waals surface area contributed by atoms with Gasteiger partial charge in [0.05, 0.1) is 10.7 Å². The minimum absolute atomic E-state index is 0.290. The van der Waals surface area contributed by atoms with E-state index in [2.05, 4.69) is 6.58 Å². The number of ether oxygens (including phenoxy) is 3. The molecular formula is C13H13IO5. The van der Waals surface area contributed by atoms with Gasteiger partial charge in [-0.25, -0.2) is 4.79 Å². The Kier molecular flexibility index (Phi) is 5.34. The molecule has 5 nitrogen and oxygen atoms in total. The Bertz CT molecular complexity index is 536. The lowest BCUT2D eigenvalue weighted by Gasteiger charge is -2.12. The van der Waals surface area contributed by atoms with E-state index in [9.17, 15) is 9.59 Å². The van der Waals surface area contributed by atoms with Crippen LogP contribution in [0.1, 0.15) is 13.8 Å². The fraction of sp³-hybridized carbons (Fsp3) is 0.231. The van der Waals surface area contributed by atoms with Gasteiger partial charge in [0.25, 0.3) is 0 Å². The van der Waals surface area contributed by atoms with Gasteiger partial charge in [-0.05, 0) is 35.6 Å². The van der Waals surface area contributed by atoms with Crippen molar-refractivity contribution in [2.24, 2.45) is 0 Å². The maximum atomic E-state index is 11.4. The molecular weight excluding hydrogens is 363 g/mol. The van der Waals surface area contributed by atoms with Gasteiger partial charge in [-0.1, -0.05) is 6.58 Å². The Morgan fingerprint density at radius 2 is 1.84 bits per heavy atom. The zero-order chi connectivity index (χ0) is 14.6. The summed E-state index contributed by atoms with van der Waals surface area (Å²) >= 11 is 1.96. The van der Waals surface area contributed by atoms with E-state index in [0.29, 0.717) is 20.8 Å². The largest absolute Gasteiger partial charge is 0.493 e. The summed E-state index contributed by atoms with van der Waals surface area (Å²) in [6, 6.07) is 3.05. The van der Waals surface area contributed by atoms with Crippen LogP contribution in [0, 0.1) is 3.57 Å². The molecule has 6 heteroatoms. The number of rotatable bonds is 4. The third-order valence-corrected chi connectivity index (χ3v) is 2.81. The first-order valence-electron chi connectivity index (χ1n) is 5.28. The van der Waals surface area contributed by atoms with Crippen LogP contribution in [0.15, 0.2) is 24.3 Å². The van der Waals surface area contributed by atoms with Crippen molar-refractivity contribution in [1.29, 1.82) is 0 Å². The highest BCUT2D eigenvalue weighted by atomic mass is 127. The zero-order valence-electron chi connectivity index (χ0n) is 10.8. The van der Waals surface area contributed by atoms with E-state index < -0.39 is 11.9 Å². The molecule has 0 aliphatic carbocycles. The molecule has 0 amide bonds. The summed E-state index contributed by atoms with van der Waals surface area (Å²) in [7, 11) is 1.43. The monoisotopic (exact) mass is 376 g/mol. The van der Waals surface area contributed by atoms with Crippen LogP contribution in [0.4, 0.5) is 0 Å². The van der Waals surface area contributed by atoms with Gasteiger partial charge in [-0.3, -0.25) is 4.79 Å². The maximum Gasteiger partial charge on any atom is 0.338 e. The van der Waals surface area contributed by atoms with Crippen molar-refractivity contribution in [2.45, 2.75) is 13.8 Å². The lowest BCUT2D eigenvalue weighted by molar-refractivity contribution is -0.132. The van der Waals surface area contributed by atoms with E-state index in [1.807, 2.05) is 22.6 Å². The Morgan fingerprint density at radius 1 is 1.21 bits per heavy atom. The molecule has 0 fully saturated rings. The standard InChI is InChI=1S/C13H13IO5/c1-7(2)13(16)19-9-5-10(14)12(18-8(3)15)11(6-9)17-4/h5-6H,1H2,2-4H3. The van der Waals surface area contributed by atoms with E-state index in [1.54, 1.807) is 13.0 Å². The summed E-state index contributed by atoms with van der Waals surface area (Å²) in [5.74, 6) is -0.0801. The summed E-state index contributed by atoms with van der Waals surface area (Å²) in [5.41, 5.74) is 0.290. The van der Waals surface area contributed by atoms with E-state index in [0.717, 1.165) is 0 Å². The molecule has 1 rings (SSSR count). The molecule has 0 aliphatic rings. The summed E-state index contributed by atoms with van der Waals surface area (Å²) in [5, 5.41) is 0. The number of esters is 2. The Hall–Kier alpha value is -1.57. The molecule has 1 aromatic rings. The molecule has 0 saturated carbocycles. The second-order valence-corrected chi connectivity index (χ2v) is 4.86. The second kappa shape index (κ2) is 6.55. The lowest BCUT2D eigenvalue weighted by Crippen LogP contribution is -2.09. The third kappa shape index (κ3) is 4.23. The van der Waals surface area contributed by atoms with E-state index in [-0.39, 0.29) is 5.57 Å². The molecule has 0 unspecified atom stereocenters. The molecule has 0 radical (unpaired) electrons. The molecule has 0 N–H and O–H groups in total. The average molecular weight is 376 g/mol. The molecule has 0 spiro atoms. The van der Waals surface area contributed by atoms with Gasteiger partial charge in [-0.15, -0.1) is 0 Å². The third-order valence-electron chi connectivity index (χ3n) is 2.01. The Labute approximate surface area is 124 Å². The topological polar surface area (TPSA) is 61.8 Å². The van der Waals surface area contributed by atoms with Crippen molar-refractivity contribution in [1.82, 2.24) is 0 Å². The highest BCUT2D eigenvalue weighted by molar-refractivity contribution is 14.1. The molecule has 102 valence electrons. The van der Waals surface area contributed by atoms with E-state index in [1.165, 1.54) is 20.1 Å². The minimum atomic E-state index is -0.530. The number of carbonyl (C=O) groups is 2. The molecule has 0 saturated heterocycles. The number of carbonyl (C=O) groups excluding carboxylic acids is 2. The molecule has 1 aromatic carbocycles. The summed E-state index contributed by atoms with van der Waals surface area (Å²) in [6.07, 6.45) is 0. The predicted molar refractivity (Wildman–Crippen MR) is 77.5 cm³/mol. The fourth-order valence-electron chi connectivity index (χ4n) is 1.19. The molecule has 0 aliphatic heterocycles. The van der Waals surface area contributed by atoms with Gasteiger partial charge >= 0.3 is 11.9 Å². The quantitative estimate of drug-likeness (QED) is 0.350. The maximum absolute atomic E-state index is 11.4. The first kappa shape index (κ1) is 15.5. The fourth-order valence-corrected chi connectivity index (χ4v) is 1.87. The van der Waals surface area contributed by atoms with Gasteiger partial charge < -0.3 is 14.2 Å². The molecule has 0 bridgehead atoms. The van der Waals surface area contributed by atoms with Crippen molar-refractivity contribution < 1.29 is 23.8 Å². The highest BCUT2D eigenvalue weighted by Gasteiger charge is 2.16. The summed E-state index contributed by atoms with van der Waals surface area (Å²) < 4.78 is 15.8. The highest BCUT2D eigenvalue weighted by Crippen LogP contribution is 2.36. The van der Waals surface area contributed by atoms with E-state index in [4.69, 9.17) is 14.2 Å². The van der Waals surface area contributed by atoms with Gasteiger partial charge in [0, 0.05) is 18.6 Å². The number of methoxy groups -OCH3 is 1. The number of hydrogen-bond donors (Lipinski definition) is 0. The van der Waals surface area contributed by atoms with Gasteiger partial charge in [0.2, 0.25) is 0 Å². The van der Waals surface area contributed by atoms with Crippen LogP contribution in [0.25, 0.3) is 0 Å². The van der Waals surface area contributed by atoms with Crippen molar-refractivity contribution in [3.8, 4) is 17.2 Å². The molecule has 0 atom stereocenters. The summed E-state index contributed by atoms with van der Waals surface area (Å²) in [6.45, 7) is 6.35. The minimum Gasteiger partial charge on any atom is -0.493 e. The van der Waals surface area contributed by atoms with Crippen LogP contribution >= 0.6 is 22.6 Å². The Morgan fingerprint density at radius 3 is 2.32 bits per heavy atom. The van der Waals surface area contributed by atoms with Gasteiger partial charge in [-0.2, -0.15) is 0 Å². The van der Waals surface area contributed by atoms with Crippen LogP contribution in [-0.2, 0) is 9.59 Å². The molecule has 19 heavy (non-hydrogen) atoms. The van der Waals surface area contributed by atoms with Crippen LogP contribution < -0.4 is 14.2 Å². The average Bonchev–Trinajstić information content (AvgIpc) is 2.31. The van der Waals surface area contributed by atoms with Gasteiger partial charge in [0.15, 0.2) is 11.5 Å². The van der Waals surface area contributed by atoms with Crippen molar-refractivity contribution >= 4 is 34.5 Å². The molecule has 0 aromatic heterocycles. The number of halogens is 1. The predicted octanol–water partition coefficient (Wildman–Crippen LogP) is 2.71. The first-order valence-corrected chi connectivity index (χ1v) is 6.36. The smallest absolute Gasteiger partial charge is 0.338 e. The van der Waals surface area contributed by atoms with Crippen LogP contribution in [0.2, 0.25) is 0 Å². The summed E-state index contributed by atoms with van der Waals surface area (Å²) in [4.78, 5) is 22.4.